The predicted octanol–water partition coefficient (Wildman–Crippen LogP) is 2.38. The van der Waals surface area contributed by atoms with Gasteiger partial charge in [0.2, 0.25) is 0 Å². The minimum absolute atomic E-state index is 0.0389. The third-order valence-corrected chi connectivity index (χ3v) is 3.02. The van der Waals surface area contributed by atoms with E-state index in [1.54, 1.807) is 24.3 Å². The van der Waals surface area contributed by atoms with Crippen molar-refractivity contribution in [2.45, 2.75) is 6.92 Å². The standard InChI is InChI=1S/C15H13N3O4/c1-10-12(8-5-9-13(10)18(20)21)15(19)22-17-14(16)11-6-3-2-4-7-11/h2-9H,1H3,(H2,16,17). The summed E-state index contributed by atoms with van der Waals surface area (Å²) in [5.41, 5.74) is 6.43. The number of benzene rings is 2. The number of rotatable bonds is 4. The number of nitro benzene ring substituents is 1. The molecule has 7 nitrogen and oxygen atoms in total. The van der Waals surface area contributed by atoms with Crippen molar-refractivity contribution in [2.24, 2.45) is 10.9 Å². The van der Waals surface area contributed by atoms with E-state index < -0.39 is 10.9 Å². The maximum atomic E-state index is 12.0. The van der Waals surface area contributed by atoms with Gasteiger partial charge < -0.3 is 10.6 Å². The summed E-state index contributed by atoms with van der Waals surface area (Å²) in [7, 11) is 0. The van der Waals surface area contributed by atoms with Crippen molar-refractivity contribution in [3.8, 4) is 0 Å². The van der Waals surface area contributed by atoms with Gasteiger partial charge >= 0.3 is 5.97 Å². The first kappa shape index (κ1) is 15.2. The van der Waals surface area contributed by atoms with E-state index in [9.17, 15) is 14.9 Å². The minimum Gasteiger partial charge on any atom is -0.380 e. The molecule has 0 aromatic heterocycles. The second-order valence-electron chi connectivity index (χ2n) is 4.43. The van der Waals surface area contributed by atoms with Crippen LogP contribution in [0.25, 0.3) is 0 Å². The Bertz CT molecular complexity index is 742. The summed E-state index contributed by atoms with van der Waals surface area (Å²) in [4.78, 5) is 27.0. The average molecular weight is 299 g/mol. The summed E-state index contributed by atoms with van der Waals surface area (Å²) in [5.74, 6) is -0.767. The summed E-state index contributed by atoms with van der Waals surface area (Å²) in [6.45, 7) is 1.47. The maximum absolute atomic E-state index is 12.0. The smallest absolute Gasteiger partial charge is 0.366 e. The van der Waals surface area contributed by atoms with Gasteiger partial charge in [0.05, 0.1) is 10.5 Å². The zero-order valence-electron chi connectivity index (χ0n) is 11.7. The first-order chi connectivity index (χ1) is 10.5. The number of nitro groups is 1. The van der Waals surface area contributed by atoms with Crippen molar-refractivity contribution < 1.29 is 14.6 Å². The van der Waals surface area contributed by atoms with Gasteiger partial charge in [0, 0.05) is 17.2 Å². The Balaban J connectivity index is 2.20. The van der Waals surface area contributed by atoms with E-state index in [1.165, 1.54) is 25.1 Å². The minimum atomic E-state index is -0.805. The van der Waals surface area contributed by atoms with E-state index in [0.29, 0.717) is 5.56 Å². The molecule has 2 aromatic carbocycles. The van der Waals surface area contributed by atoms with Gasteiger partial charge in [-0.2, -0.15) is 0 Å². The van der Waals surface area contributed by atoms with Crippen LogP contribution in [0.3, 0.4) is 0 Å². The van der Waals surface area contributed by atoms with Crippen LogP contribution in [0.4, 0.5) is 5.69 Å². The molecule has 0 spiro atoms. The van der Waals surface area contributed by atoms with Crippen LogP contribution in [0.15, 0.2) is 53.7 Å². The monoisotopic (exact) mass is 299 g/mol. The molecule has 0 aliphatic heterocycles. The first-order valence-electron chi connectivity index (χ1n) is 6.35. The molecular weight excluding hydrogens is 286 g/mol. The third-order valence-electron chi connectivity index (χ3n) is 3.02. The predicted molar refractivity (Wildman–Crippen MR) is 80.4 cm³/mol. The SMILES string of the molecule is Cc1c(C(=O)O/N=C(/N)c2ccccc2)cccc1[N+](=O)[O-]. The molecule has 0 unspecified atom stereocenters. The first-order valence-corrected chi connectivity index (χ1v) is 6.35. The lowest BCUT2D eigenvalue weighted by Crippen LogP contribution is -2.15. The molecule has 0 aliphatic carbocycles. The number of carbonyl (C=O) groups excluding carboxylic acids is 1. The number of nitrogens with zero attached hydrogens (tertiary/aromatic N) is 2. The van der Waals surface area contributed by atoms with Gasteiger partial charge in [0.25, 0.3) is 5.69 Å². The summed E-state index contributed by atoms with van der Waals surface area (Å²) in [5, 5.41) is 14.4. The van der Waals surface area contributed by atoms with Crippen molar-refractivity contribution in [1.29, 1.82) is 0 Å². The van der Waals surface area contributed by atoms with E-state index in [2.05, 4.69) is 5.16 Å². The zero-order valence-corrected chi connectivity index (χ0v) is 11.7. The molecule has 2 N–H and O–H groups in total. The number of nitrogens with two attached hydrogens (primary N) is 1. The Kier molecular flexibility index (Phi) is 4.47. The molecule has 0 saturated carbocycles. The zero-order chi connectivity index (χ0) is 16.1. The number of carbonyl (C=O) groups is 1. The number of oxime groups is 1. The van der Waals surface area contributed by atoms with Gasteiger partial charge in [-0.05, 0) is 13.0 Å². The van der Waals surface area contributed by atoms with Crippen LogP contribution in [0.5, 0.6) is 0 Å². The molecule has 22 heavy (non-hydrogen) atoms. The molecule has 2 aromatic rings. The molecule has 0 radical (unpaired) electrons. The number of amidine groups is 1. The van der Waals surface area contributed by atoms with Gasteiger partial charge in [-0.3, -0.25) is 10.1 Å². The van der Waals surface area contributed by atoms with Crippen molar-refractivity contribution in [3.05, 3.63) is 75.3 Å². The Hall–Kier alpha value is -3.22. The lowest BCUT2D eigenvalue weighted by molar-refractivity contribution is -0.385. The van der Waals surface area contributed by atoms with Crippen molar-refractivity contribution in [3.63, 3.8) is 0 Å². The highest BCUT2D eigenvalue weighted by Crippen LogP contribution is 2.21. The quantitative estimate of drug-likeness (QED) is 0.306. The van der Waals surface area contributed by atoms with Crippen LogP contribution in [-0.2, 0) is 4.84 Å². The van der Waals surface area contributed by atoms with Crippen LogP contribution < -0.4 is 5.73 Å². The highest BCUT2D eigenvalue weighted by atomic mass is 16.7. The van der Waals surface area contributed by atoms with Crippen LogP contribution in [0.2, 0.25) is 0 Å². The van der Waals surface area contributed by atoms with Crippen molar-refractivity contribution >= 4 is 17.5 Å². The second-order valence-corrected chi connectivity index (χ2v) is 4.43. The van der Waals surface area contributed by atoms with Gasteiger partial charge in [0.15, 0.2) is 5.84 Å². The molecule has 0 saturated heterocycles. The van der Waals surface area contributed by atoms with Crippen molar-refractivity contribution in [2.75, 3.05) is 0 Å². The van der Waals surface area contributed by atoms with Gasteiger partial charge in [-0.15, -0.1) is 0 Å². The molecule has 112 valence electrons. The van der Waals surface area contributed by atoms with E-state index in [-0.39, 0.29) is 22.6 Å². The normalized spacial score (nSPS) is 11.0. The molecule has 0 amide bonds. The maximum Gasteiger partial charge on any atom is 0.366 e. The van der Waals surface area contributed by atoms with Gasteiger partial charge in [0.1, 0.15) is 0 Å². The van der Waals surface area contributed by atoms with Crippen LogP contribution in [-0.4, -0.2) is 16.7 Å². The average Bonchev–Trinajstić information content (AvgIpc) is 2.53. The fourth-order valence-electron chi connectivity index (χ4n) is 1.84. The highest BCUT2D eigenvalue weighted by Gasteiger charge is 2.19. The lowest BCUT2D eigenvalue weighted by Gasteiger charge is -2.04. The largest absolute Gasteiger partial charge is 0.380 e. The Morgan fingerprint density at radius 2 is 1.86 bits per heavy atom. The lowest BCUT2D eigenvalue weighted by atomic mass is 10.1. The molecular formula is C15H13N3O4. The van der Waals surface area contributed by atoms with E-state index in [4.69, 9.17) is 10.6 Å². The highest BCUT2D eigenvalue weighted by molar-refractivity contribution is 5.98. The summed E-state index contributed by atoms with van der Waals surface area (Å²) in [6.07, 6.45) is 0. The number of hydrogen-bond donors (Lipinski definition) is 1. The van der Waals surface area contributed by atoms with E-state index in [1.807, 2.05) is 6.07 Å². The van der Waals surface area contributed by atoms with Gasteiger partial charge in [-0.1, -0.05) is 41.6 Å². The fraction of sp³-hybridized carbons (Fsp3) is 0.0667. The van der Waals surface area contributed by atoms with Crippen LogP contribution in [0.1, 0.15) is 21.5 Å². The Morgan fingerprint density at radius 1 is 1.18 bits per heavy atom. The topological polar surface area (TPSA) is 108 Å². The molecule has 0 bridgehead atoms. The fourth-order valence-corrected chi connectivity index (χ4v) is 1.84. The molecule has 7 heteroatoms. The van der Waals surface area contributed by atoms with E-state index >= 15 is 0 Å². The van der Waals surface area contributed by atoms with Gasteiger partial charge in [-0.25, -0.2) is 4.79 Å². The number of hydrogen-bond acceptors (Lipinski definition) is 5. The molecule has 0 fully saturated rings. The molecule has 0 aliphatic rings. The second kappa shape index (κ2) is 6.49. The summed E-state index contributed by atoms with van der Waals surface area (Å²) in [6, 6.07) is 12.9. The van der Waals surface area contributed by atoms with Crippen LogP contribution >= 0.6 is 0 Å². The third kappa shape index (κ3) is 3.26. The molecule has 2 rings (SSSR count). The molecule has 0 heterocycles. The summed E-state index contributed by atoms with van der Waals surface area (Å²) >= 11 is 0. The Morgan fingerprint density at radius 3 is 2.50 bits per heavy atom. The summed E-state index contributed by atoms with van der Waals surface area (Å²) < 4.78 is 0. The molecule has 0 atom stereocenters. The van der Waals surface area contributed by atoms with E-state index in [0.717, 1.165) is 0 Å². The van der Waals surface area contributed by atoms with Crippen molar-refractivity contribution in [1.82, 2.24) is 0 Å². The van der Waals surface area contributed by atoms with Crippen LogP contribution in [0, 0.1) is 17.0 Å². The Labute approximate surface area is 126 Å².